The predicted molar refractivity (Wildman–Crippen MR) is 99.5 cm³/mol. The highest BCUT2D eigenvalue weighted by atomic mass is 32.2. The van der Waals surface area contributed by atoms with Crippen LogP contribution in [0.1, 0.15) is 12.5 Å². The van der Waals surface area contributed by atoms with E-state index in [1.54, 1.807) is 24.5 Å². The summed E-state index contributed by atoms with van der Waals surface area (Å²) in [6.07, 6.45) is 4.28. The average Bonchev–Trinajstić information content (AvgIpc) is 2.66. The second kappa shape index (κ2) is 9.11. The molecule has 28 heavy (non-hydrogen) atoms. The van der Waals surface area contributed by atoms with Crippen LogP contribution in [0.5, 0.6) is 0 Å². The van der Waals surface area contributed by atoms with Crippen molar-refractivity contribution in [2.45, 2.75) is 25.4 Å². The van der Waals surface area contributed by atoms with Crippen molar-refractivity contribution in [3.8, 4) is 0 Å². The number of ether oxygens (including phenoxy) is 1. The number of carbonyl (C=O) groups is 3. The molecule has 154 valence electrons. The topological polar surface area (TPSA) is 126 Å². The maximum absolute atomic E-state index is 12.9. The van der Waals surface area contributed by atoms with Gasteiger partial charge in [-0.3, -0.25) is 14.6 Å². The van der Waals surface area contributed by atoms with Gasteiger partial charge in [-0.25, -0.2) is 13.2 Å². The Kier molecular flexibility index (Phi) is 7.08. The van der Waals surface area contributed by atoms with Crippen LogP contribution in [0.15, 0.2) is 24.5 Å². The van der Waals surface area contributed by atoms with Gasteiger partial charge in [0.05, 0.1) is 13.4 Å². The summed E-state index contributed by atoms with van der Waals surface area (Å²) in [4.78, 5) is 42.1. The van der Waals surface area contributed by atoms with E-state index in [1.807, 2.05) is 0 Å². The van der Waals surface area contributed by atoms with Gasteiger partial charge in [0.25, 0.3) is 0 Å². The maximum Gasteiger partial charge on any atom is 0.328 e. The zero-order chi connectivity index (χ0) is 20.9. The first kappa shape index (κ1) is 21.8. The molecule has 1 aromatic heterocycles. The van der Waals surface area contributed by atoms with Crippen molar-refractivity contribution < 1.29 is 27.5 Å². The molecule has 11 heteroatoms. The molecule has 2 amide bonds. The number of amides is 2. The molecule has 0 aromatic carbocycles. The summed E-state index contributed by atoms with van der Waals surface area (Å²) < 4.78 is 30.0. The van der Waals surface area contributed by atoms with E-state index in [9.17, 15) is 22.8 Å². The molecule has 1 aliphatic rings. The number of piperazine rings is 1. The molecule has 0 saturated carbocycles. The maximum atomic E-state index is 12.9. The fraction of sp³-hybridized carbons (Fsp3) is 0.529. The van der Waals surface area contributed by atoms with Gasteiger partial charge in [0.2, 0.25) is 21.8 Å². The number of pyridine rings is 1. The molecule has 10 nitrogen and oxygen atoms in total. The second-order valence-electron chi connectivity index (χ2n) is 6.50. The van der Waals surface area contributed by atoms with E-state index in [-0.39, 0.29) is 32.0 Å². The minimum atomic E-state index is -3.68. The van der Waals surface area contributed by atoms with Crippen LogP contribution in [0.2, 0.25) is 0 Å². The smallest absolute Gasteiger partial charge is 0.328 e. The van der Waals surface area contributed by atoms with Crippen LogP contribution in [-0.4, -0.2) is 85.5 Å². The summed E-state index contributed by atoms with van der Waals surface area (Å²) >= 11 is 0. The van der Waals surface area contributed by atoms with Gasteiger partial charge in [0.1, 0.15) is 12.1 Å². The Bertz CT molecular complexity index is 829. The molecule has 1 fully saturated rings. The molecule has 2 rings (SSSR count). The van der Waals surface area contributed by atoms with Gasteiger partial charge in [0, 0.05) is 45.4 Å². The first-order valence-electron chi connectivity index (χ1n) is 8.63. The van der Waals surface area contributed by atoms with Crippen molar-refractivity contribution in [3.05, 3.63) is 30.1 Å². The van der Waals surface area contributed by atoms with Crippen molar-refractivity contribution in [1.29, 1.82) is 0 Å². The summed E-state index contributed by atoms with van der Waals surface area (Å²) in [5, 5.41) is 2.56. The summed E-state index contributed by atoms with van der Waals surface area (Å²) in [6.45, 7) is 1.46. The number of rotatable bonds is 6. The molecule has 2 atom stereocenters. The summed E-state index contributed by atoms with van der Waals surface area (Å²) in [5.74, 6) is -1.59. The molecular formula is C17H24N4O6S. The van der Waals surface area contributed by atoms with E-state index in [0.29, 0.717) is 5.56 Å². The lowest BCUT2D eigenvalue weighted by Gasteiger charge is -2.39. The molecule has 0 bridgehead atoms. The molecule has 1 N–H and O–H groups in total. The third kappa shape index (κ3) is 5.49. The molecule has 1 aliphatic heterocycles. The minimum Gasteiger partial charge on any atom is -0.467 e. The number of methoxy groups -OCH3 is 1. The molecule has 0 radical (unpaired) electrons. The van der Waals surface area contributed by atoms with E-state index in [4.69, 9.17) is 4.74 Å². The van der Waals surface area contributed by atoms with Crippen molar-refractivity contribution in [2.24, 2.45) is 0 Å². The lowest BCUT2D eigenvalue weighted by Crippen LogP contribution is -2.62. The predicted octanol–water partition coefficient (Wildman–Crippen LogP) is -1.23. The number of esters is 1. The van der Waals surface area contributed by atoms with Crippen LogP contribution in [0.4, 0.5) is 0 Å². The third-order valence-corrected chi connectivity index (χ3v) is 5.76. The highest BCUT2D eigenvalue weighted by molar-refractivity contribution is 7.88. The number of sulfonamides is 1. The van der Waals surface area contributed by atoms with E-state index >= 15 is 0 Å². The summed E-state index contributed by atoms with van der Waals surface area (Å²) in [5.41, 5.74) is 0.701. The Morgan fingerprint density at radius 3 is 2.61 bits per heavy atom. The Labute approximate surface area is 163 Å². The van der Waals surface area contributed by atoms with E-state index in [0.717, 1.165) is 10.6 Å². The monoisotopic (exact) mass is 412 g/mol. The van der Waals surface area contributed by atoms with Crippen LogP contribution in [0.25, 0.3) is 0 Å². The molecule has 0 spiro atoms. The standard InChI is InChI=1S/C17H24N4O6S/c1-12(22)20-7-8-21(28(3,25)26)15(11-20)16(23)19-14(17(24)27-2)9-13-5-4-6-18-10-13/h4-6,10,14-15H,7-9,11H2,1-3H3,(H,19,23)/t14-,15-/m1/s1. The average molecular weight is 412 g/mol. The SMILES string of the molecule is COC(=O)[C@@H](Cc1cccnc1)NC(=O)[C@H]1CN(C(C)=O)CCN1S(C)(=O)=O. The van der Waals surface area contributed by atoms with Crippen LogP contribution >= 0.6 is 0 Å². The number of nitrogens with zero attached hydrogens (tertiary/aromatic N) is 3. The van der Waals surface area contributed by atoms with Crippen molar-refractivity contribution in [1.82, 2.24) is 19.5 Å². The molecule has 0 aliphatic carbocycles. The highest BCUT2D eigenvalue weighted by Gasteiger charge is 2.39. The van der Waals surface area contributed by atoms with Crippen LogP contribution in [0, 0.1) is 0 Å². The second-order valence-corrected chi connectivity index (χ2v) is 8.44. The van der Waals surface area contributed by atoms with Gasteiger partial charge >= 0.3 is 5.97 Å². The Balaban J connectivity index is 2.22. The fourth-order valence-electron chi connectivity index (χ4n) is 3.02. The minimum absolute atomic E-state index is 0.00198. The lowest BCUT2D eigenvalue weighted by atomic mass is 10.1. The van der Waals surface area contributed by atoms with Gasteiger partial charge in [0.15, 0.2) is 0 Å². The van der Waals surface area contributed by atoms with Gasteiger partial charge in [-0.15, -0.1) is 0 Å². The Morgan fingerprint density at radius 2 is 2.07 bits per heavy atom. The van der Waals surface area contributed by atoms with Crippen molar-refractivity contribution in [2.75, 3.05) is 33.0 Å². The van der Waals surface area contributed by atoms with Gasteiger partial charge in [-0.1, -0.05) is 6.07 Å². The van der Waals surface area contributed by atoms with Crippen LogP contribution < -0.4 is 5.32 Å². The zero-order valence-electron chi connectivity index (χ0n) is 16.0. The normalized spacial score (nSPS) is 19.0. The number of aromatic nitrogens is 1. The van der Waals surface area contributed by atoms with Crippen LogP contribution in [-0.2, 0) is 35.6 Å². The fourth-order valence-corrected chi connectivity index (χ4v) is 4.06. The van der Waals surface area contributed by atoms with Gasteiger partial charge in [-0.05, 0) is 11.6 Å². The largest absolute Gasteiger partial charge is 0.467 e. The number of hydrogen-bond acceptors (Lipinski definition) is 7. The molecule has 1 aromatic rings. The molecular weight excluding hydrogens is 388 g/mol. The third-order valence-electron chi connectivity index (χ3n) is 4.47. The quantitative estimate of drug-likeness (QED) is 0.580. The molecule has 1 saturated heterocycles. The van der Waals surface area contributed by atoms with Crippen molar-refractivity contribution in [3.63, 3.8) is 0 Å². The first-order chi connectivity index (χ1) is 13.1. The van der Waals surface area contributed by atoms with Gasteiger partial charge in [-0.2, -0.15) is 4.31 Å². The summed E-state index contributed by atoms with van der Waals surface area (Å²) in [7, 11) is -2.48. The Hall–Kier alpha value is -2.53. The number of nitrogens with one attached hydrogen (secondary N) is 1. The first-order valence-corrected chi connectivity index (χ1v) is 10.5. The zero-order valence-corrected chi connectivity index (χ0v) is 16.8. The molecule has 0 unspecified atom stereocenters. The van der Waals surface area contributed by atoms with E-state index in [2.05, 4.69) is 10.3 Å². The van der Waals surface area contributed by atoms with Crippen LogP contribution in [0.3, 0.4) is 0 Å². The highest BCUT2D eigenvalue weighted by Crippen LogP contribution is 2.15. The van der Waals surface area contributed by atoms with Crippen molar-refractivity contribution >= 4 is 27.8 Å². The number of carbonyl (C=O) groups excluding carboxylic acids is 3. The lowest BCUT2D eigenvalue weighted by molar-refractivity contribution is -0.146. The Morgan fingerprint density at radius 1 is 1.36 bits per heavy atom. The van der Waals surface area contributed by atoms with E-state index in [1.165, 1.54) is 18.9 Å². The van der Waals surface area contributed by atoms with E-state index < -0.39 is 34.0 Å². The number of hydrogen-bond donors (Lipinski definition) is 1. The summed E-state index contributed by atoms with van der Waals surface area (Å²) in [6, 6.07) is 1.29. The molecule has 2 heterocycles. The van der Waals surface area contributed by atoms with Gasteiger partial charge < -0.3 is 15.0 Å².